The summed E-state index contributed by atoms with van der Waals surface area (Å²) in [5, 5.41) is 9.04. The zero-order chi connectivity index (χ0) is 9.14. The van der Waals surface area contributed by atoms with Gasteiger partial charge in [-0.25, -0.2) is 4.79 Å². The van der Waals surface area contributed by atoms with Crippen LogP contribution in [0.15, 0.2) is 30.1 Å². The molecule has 0 spiro atoms. The van der Waals surface area contributed by atoms with E-state index in [1.54, 1.807) is 10.8 Å². The number of rotatable bonds is 3. The van der Waals surface area contributed by atoms with Crippen molar-refractivity contribution in [2.24, 2.45) is 0 Å². The summed E-state index contributed by atoms with van der Waals surface area (Å²) in [7, 11) is 0. The summed E-state index contributed by atoms with van der Waals surface area (Å²) in [4.78, 5) is 10.4. The summed E-state index contributed by atoms with van der Waals surface area (Å²) < 4.78 is 1.67. The molecule has 0 aliphatic heterocycles. The van der Waals surface area contributed by atoms with Crippen LogP contribution in [-0.2, 0) is 6.54 Å². The van der Waals surface area contributed by atoms with E-state index in [1.807, 2.05) is 0 Å². The van der Waals surface area contributed by atoms with Gasteiger partial charge in [-0.15, -0.1) is 0 Å². The highest BCUT2D eigenvalue weighted by atomic mass is 35.5. The number of aromatic carboxylic acids is 1. The van der Waals surface area contributed by atoms with Crippen LogP contribution in [0.4, 0.5) is 0 Å². The molecule has 0 amide bonds. The molecule has 1 aromatic heterocycles. The zero-order valence-electron chi connectivity index (χ0n) is 6.33. The van der Waals surface area contributed by atoms with Gasteiger partial charge in [-0.05, 0) is 6.07 Å². The molecule has 12 heavy (non-hydrogen) atoms. The molecule has 64 valence electrons. The van der Waals surface area contributed by atoms with E-state index in [0.717, 1.165) is 0 Å². The van der Waals surface area contributed by atoms with Gasteiger partial charge < -0.3 is 9.67 Å². The Bertz CT molecular complexity index is 317. The fourth-order valence-electron chi connectivity index (χ4n) is 0.864. The number of hydrogen-bond acceptors (Lipinski definition) is 1. The predicted molar refractivity (Wildman–Crippen MR) is 46.4 cm³/mol. The van der Waals surface area contributed by atoms with Crippen molar-refractivity contribution in [3.63, 3.8) is 0 Å². The van der Waals surface area contributed by atoms with Gasteiger partial charge in [0, 0.05) is 17.4 Å². The maximum absolute atomic E-state index is 10.4. The Morgan fingerprint density at radius 1 is 1.75 bits per heavy atom. The minimum Gasteiger partial charge on any atom is -0.478 e. The van der Waals surface area contributed by atoms with E-state index in [-0.39, 0.29) is 5.56 Å². The van der Waals surface area contributed by atoms with E-state index >= 15 is 0 Å². The molecule has 1 rings (SSSR count). The third-order valence-electron chi connectivity index (χ3n) is 1.35. The monoisotopic (exact) mass is 185 g/mol. The number of hydrogen-bond donors (Lipinski definition) is 1. The van der Waals surface area contributed by atoms with Crippen molar-refractivity contribution in [3.05, 3.63) is 35.6 Å². The van der Waals surface area contributed by atoms with Crippen molar-refractivity contribution in [2.75, 3.05) is 0 Å². The SMILES string of the molecule is C=C(Cl)Cn1ccc(C(=O)O)c1. The molecule has 0 aliphatic carbocycles. The summed E-state index contributed by atoms with van der Waals surface area (Å²) in [5.41, 5.74) is 0.257. The summed E-state index contributed by atoms with van der Waals surface area (Å²) in [6.45, 7) is 3.94. The van der Waals surface area contributed by atoms with Crippen molar-refractivity contribution < 1.29 is 9.90 Å². The van der Waals surface area contributed by atoms with Crippen molar-refractivity contribution in [3.8, 4) is 0 Å². The molecule has 0 aliphatic rings. The van der Waals surface area contributed by atoms with Crippen molar-refractivity contribution in [1.82, 2.24) is 4.57 Å². The van der Waals surface area contributed by atoms with Gasteiger partial charge in [-0.1, -0.05) is 18.2 Å². The van der Waals surface area contributed by atoms with Crippen molar-refractivity contribution in [1.29, 1.82) is 0 Å². The minimum atomic E-state index is -0.936. The van der Waals surface area contributed by atoms with Gasteiger partial charge in [0.25, 0.3) is 0 Å². The third-order valence-corrected chi connectivity index (χ3v) is 1.47. The van der Waals surface area contributed by atoms with Gasteiger partial charge in [0.15, 0.2) is 0 Å². The fraction of sp³-hybridized carbons (Fsp3) is 0.125. The van der Waals surface area contributed by atoms with Crippen LogP contribution in [0.3, 0.4) is 0 Å². The number of allylic oxidation sites excluding steroid dienone is 1. The van der Waals surface area contributed by atoms with Crippen molar-refractivity contribution >= 4 is 17.6 Å². The highest BCUT2D eigenvalue weighted by Gasteiger charge is 2.03. The van der Waals surface area contributed by atoms with Gasteiger partial charge in [0.2, 0.25) is 0 Å². The Hall–Kier alpha value is -1.22. The zero-order valence-corrected chi connectivity index (χ0v) is 7.08. The maximum atomic E-state index is 10.4. The van der Waals surface area contributed by atoms with Crippen LogP contribution in [0, 0.1) is 0 Å². The molecule has 1 heterocycles. The van der Waals surface area contributed by atoms with E-state index < -0.39 is 5.97 Å². The summed E-state index contributed by atoms with van der Waals surface area (Å²) in [6.07, 6.45) is 3.16. The Morgan fingerprint density at radius 2 is 2.42 bits per heavy atom. The quantitative estimate of drug-likeness (QED) is 0.782. The first-order valence-corrected chi connectivity index (χ1v) is 3.70. The van der Waals surface area contributed by atoms with E-state index in [9.17, 15) is 4.79 Å². The fourth-order valence-corrected chi connectivity index (χ4v) is 1.00. The first kappa shape index (κ1) is 8.87. The topological polar surface area (TPSA) is 42.2 Å². The molecule has 0 unspecified atom stereocenters. The normalized spacial score (nSPS) is 9.75. The summed E-state index contributed by atoms with van der Waals surface area (Å²) in [6, 6.07) is 1.52. The highest BCUT2D eigenvalue weighted by molar-refractivity contribution is 6.29. The minimum absolute atomic E-state index is 0.257. The molecule has 0 radical (unpaired) electrons. The average molecular weight is 186 g/mol. The summed E-state index contributed by atoms with van der Waals surface area (Å²) >= 11 is 5.54. The maximum Gasteiger partial charge on any atom is 0.337 e. The standard InChI is InChI=1S/C8H8ClNO2/c1-6(9)4-10-3-2-7(5-10)8(11)12/h2-3,5H,1,4H2,(H,11,12). The molecule has 4 heteroatoms. The van der Waals surface area contributed by atoms with Crippen LogP contribution >= 0.6 is 11.6 Å². The Kier molecular flexibility index (Phi) is 2.55. The second-order valence-corrected chi connectivity index (χ2v) is 2.93. The Labute approximate surface area is 74.9 Å². The molecule has 1 N–H and O–H groups in total. The largest absolute Gasteiger partial charge is 0.478 e. The molecule has 1 aromatic rings. The van der Waals surface area contributed by atoms with Crippen molar-refractivity contribution in [2.45, 2.75) is 6.54 Å². The number of aromatic nitrogens is 1. The van der Waals surface area contributed by atoms with Gasteiger partial charge in [0.1, 0.15) is 0 Å². The second-order valence-electron chi connectivity index (χ2n) is 2.39. The lowest BCUT2D eigenvalue weighted by Crippen LogP contribution is -1.96. The van der Waals surface area contributed by atoms with Crippen LogP contribution in [-0.4, -0.2) is 15.6 Å². The molecule has 0 aromatic carbocycles. The molecule has 3 nitrogen and oxygen atoms in total. The Morgan fingerprint density at radius 3 is 2.83 bits per heavy atom. The number of halogens is 1. The smallest absolute Gasteiger partial charge is 0.337 e. The predicted octanol–water partition coefficient (Wildman–Crippen LogP) is 1.94. The van der Waals surface area contributed by atoms with Gasteiger partial charge in [0.05, 0.1) is 12.1 Å². The highest BCUT2D eigenvalue weighted by Crippen LogP contribution is 2.06. The number of carboxylic acid groups (broad SMARTS) is 1. The molecular formula is C8H8ClNO2. The van der Waals surface area contributed by atoms with Crippen LogP contribution in [0.5, 0.6) is 0 Å². The number of carbonyl (C=O) groups is 1. The first-order valence-electron chi connectivity index (χ1n) is 3.32. The molecule has 0 fully saturated rings. The van der Waals surface area contributed by atoms with Gasteiger partial charge in [-0.3, -0.25) is 0 Å². The van der Waals surface area contributed by atoms with Crippen LogP contribution < -0.4 is 0 Å². The Balaban J connectivity index is 2.77. The van der Waals surface area contributed by atoms with Gasteiger partial charge in [-0.2, -0.15) is 0 Å². The van der Waals surface area contributed by atoms with Crippen LogP contribution in [0.25, 0.3) is 0 Å². The van der Waals surface area contributed by atoms with Crippen LogP contribution in [0.1, 0.15) is 10.4 Å². The first-order chi connectivity index (χ1) is 5.59. The number of carboxylic acids is 1. The molecule has 0 atom stereocenters. The summed E-state index contributed by atoms with van der Waals surface area (Å²) in [5.74, 6) is -0.936. The van der Waals surface area contributed by atoms with Gasteiger partial charge >= 0.3 is 5.97 Å². The molecular weight excluding hydrogens is 178 g/mol. The van der Waals surface area contributed by atoms with E-state index in [1.165, 1.54) is 12.3 Å². The molecule has 0 bridgehead atoms. The van der Waals surface area contributed by atoms with E-state index in [2.05, 4.69) is 6.58 Å². The van der Waals surface area contributed by atoms with E-state index in [4.69, 9.17) is 16.7 Å². The third kappa shape index (κ3) is 2.13. The molecule has 0 saturated carbocycles. The van der Waals surface area contributed by atoms with E-state index in [0.29, 0.717) is 11.6 Å². The average Bonchev–Trinajstić information content (AvgIpc) is 2.34. The lowest BCUT2D eigenvalue weighted by Gasteiger charge is -1.97. The second kappa shape index (κ2) is 3.45. The van der Waals surface area contributed by atoms with Crippen LogP contribution in [0.2, 0.25) is 0 Å². The number of nitrogens with zero attached hydrogens (tertiary/aromatic N) is 1. The molecule has 0 saturated heterocycles. The lowest BCUT2D eigenvalue weighted by molar-refractivity contribution is 0.0697. The lowest BCUT2D eigenvalue weighted by atomic mass is 10.4.